The van der Waals surface area contributed by atoms with Crippen LogP contribution in [-0.4, -0.2) is 38.5 Å². The summed E-state index contributed by atoms with van der Waals surface area (Å²) in [7, 11) is -1.90. The number of nitrogens with two attached hydrogens (primary N) is 1. The summed E-state index contributed by atoms with van der Waals surface area (Å²) >= 11 is 2.00. The van der Waals surface area contributed by atoms with Crippen molar-refractivity contribution in [3.8, 4) is 0 Å². The molecule has 1 heterocycles. The Morgan fingerprint density at radius 1 is 1.35 bits per heavy atom. The molecule has 0 aliphatic carbocycles. The summed E-state index contributed by atoms with van der Waals surface area (Å²) in [5, 5.41) is 11.7. The second-order valence-corrected chi connectivity index (χ2v) is 9.11. The minimum Gasteiger partial charge on any atom is -0.355 e. The molecule has 8 heteroatoms. The molecule has 1 aliphatic heterocycles. The van der Waals surface area contributed by atoms with E-state index >= 15 is 0 Å². The van der Waals surface area contributed by atoms with E-state index in [2.05, 4.69) is 22.5 Å². The van der Waals surface area contributed by atoms with Crippen molar-refractivity contribution < 1.29 is 8.42 Å². The Labute approximate surface area is 142 Å². The topological polar surface area (TPSA) is 96.6 Å². The summed E-state index contributed by atoms with van der Waals surface area (Å²) < 4.78 is 22.7. The van der Waals surface area contributed by atoms with Crippen molar-refractivity contribution in [2.75, 3.05) is 19.3 Å². The highest BCUT2D eigenvalue weighted by Crippen LogP contribution is 2.36. The van der Waals surface area contributed by atoms with Crippen molar-refractivity contribution in [2.24, 2.45) is 10.1 Å². The predicted octanol–water partition coefficient (Wildman–Crippen LogP) is 1.28. The molecule has 4 N–H and O–H groups in total. The summed E-state index contributed by atoms with van der Waals surface area (Å²) in [6.07, 6.45) is 2.49. The first-order valence-corrected chi connectivity index (χ1v) is 10.1. The molecule has 0 aromatic heterocycles. The average molecular weight is 357 g/mol. The van der Waals surface area contributed by atoms with Crippen LogP contribution in [0.5, 0.6) is 0 Å². The van der Waals surface area contributed by atoms with Crippen LogP contribution in [0.4, 0.5) is 0 Å². The quantitative estimate of drug-likeness (QED) is 0.546. The summed E-state index contributed by atoms with van der Waals surface area (Å²) in [4.78, 5) is 4.34. The van der Waals surface area contributed by atoms with E-state index in [4.69, 9.17) is 5.14 Å². The van der Waals surface area contributed by atoms with Gasteiger partial charge in [0.15, 0.2) is 5.96 Å². The van der Waals surface area contributed by atoms with Gasteiger partial charge in [-0.05, 0) is 43.2 Å². The van der Waals surface area contributed by atoms with Crippen LogP contribution in [0.3, 0.4) is 0 Å². The highest BCUT2D eigenvalue weighted by Gasteiger charge is 2.29. The predicted molar refractivity (Wildman–Crippen MR) is 96.1 cm³/mol. The second kappa shape index (κ2) is 7.55. The fraction of sp³-hybridized carbons (Fsp3) is 0.533. The Kier molecular flexibility index (Phi) is 5.94. The number of hydrogen-bond donors (Lipinski definition) is 3. The first kappa shape index (κ1) is 18.1. The lowest BCUT2D eigenvalue weighted by molar-refractivity contribution is 0.584. The lowest BCUT2D eigenvalue weighted by Crippen LogP contribution is -2.43. The van der Waals surface area contributed by atoms with Crippen LogP contribution in [-0.2, 0) is 16.6 Å². The molecule has 1 fully saturated rings. The molecule has 0 spiro atoms. The van der Waals surface area contributed by atoms with Gasteiger partial charge in [0.2, 0.25) is 10.0 Å². The van der Waals surface area contributed by atoms with E-state index < -0.39 is 10.0 Å². The van der Waals surface area contributed by atoms with Crippen molar-refractivity contribution in [3.05, 3.63) is 29.8 Å². The molecule has 1 unspecified atom stereocenters. The van der Waals surface area contributed by atoms with Crippen LogP contribution in [0, 0.1) is 0 Å². The average Bonchev–Trinajstić information content (AvgIpc) is 2.94. The Balaban J connectivity index is 1.85. The highest BCUT2D eigenvalue weighted by molar-refractivity contribution is 8.00. The van der Waals surface area contributed by atoms with Crippen LogP contribution in [0.15, 0.2) is 34.2 Å². The minimum absolute atomic E-state index is 0.120. The summed E-state index contributed by atoms with van der Waals surface area (Å²) in [6, 6.07) is 6.51. The molecule has 1 aromatic carbocycles. The largest absolute Gasteiger partial charge is 0.355 e. The van der Waals surface area contributed by atoms with E-state index in [1.54, 1.807) is 19.2 Å². The first-order chi connectivity index (χ1) is 10.8. The van der Waals surface area contributed by atoms with Gasteiger partial charge in [-0.25, -0.2) is 13.6 Å². The van der Waals surface area contributed by atoms with Crippen LogP contribution >= 0.6 is 11.8 Å². The number of nitrogens with zero attached hydrogens (tertiary/aromatic N) is 1. The van der Waals surface area contributed by atoms with Gasteiger partial charge in [-0.3, -0.25) is 4.99 Å². The minimum atomic E-state index is -3.64. The van der Waals surface area contributed by atoms with Crippen molar-refractivity contribution in [3.63, 3.8) is 0 Å². The number of primary sulfonamides is 1. The molecular weight excluding hydrogens is 332 g/mol. The van der Waals surface area contributed by atoms with Gasteiger partial charge in [0.25, 0.3) is 0 Å². The van der Waals surface area contributed by atoms with Crippen LogP contribution in [0.2, 0.25) is 0 Å². The van der Waals surface area contributed by atoms with Crippen molar-refractivity contribution in [1.82, 2.24) is 10.6 Å². The Morgan fingerprint density at radius 3 is 2.57 bits per heavy atom. The number of sulfonamides is 1. The molecule has 23 heavy (non-hydrogen) atoms. The van der Waals surface area contributed by atoms with Crippen LogP contribution in [0.1, 0.15) is 25.3 Å². The van der Waals surface area contributed by atoms with E-state index in [-0.39, 0.29) is 9.64 Å². The summed E-state index contributed by atoms with van der Waals surface area (Å²) in [5.41, 5.74) is 0.960. The molecule has 1 saturated heterocycles. The SMILES string of the molecule is CN=C(NCc1ccc(S(N)(=O)=O)cc1)NCC1(C)CCCS1. The number of nitrogens with one attached hydrogen (secondary N) is 2. The number of rotatable bonds is 5. The lowest BCUT2D eigenvalue weighted by Gasteiger charge is -2.24. The maximum Gasteiger partial charge on any atom is 0.238 e. The zero-order valence-electron chi connectivity index (χ0n) is 13.5. The number of benzene rings is 1. The van der Waals surface area contributed by atoms with Gasteiger partial charge < -0.3 is 10.6 Å². The maximum absolute atomic E-state index is 11.2. The van der Waals surface area contributed by atoms with Crippen LogP contribution < -0.4 is 15.8 Å². The monoisotopic (exact) mass is 356 g/mol. The fourth-order valence-electron chi connectivity index (χ4n) is 2.45. The number of thioether (sulfide) groups is 1. The summed E-state index contributed by atoms with van der Waals surface area (Å²) in [5.74, 6) is 1.97. The molecule has 6 nitrogen and oxygen atoms in total. The first-order valence-electron chi connectivity index (χ1n) is 7.53. The maximum atomic E-state index is 11.2. The fourth-order valence-corrected chi connectivity index (χ4v) is 4.21. The Morgan fingerprint density at radius 2 is 2.04 bits per heavy atom. The van der Waals surface area contributed by atoms with Gasteiger partial charge in [0, 0.05) is 24.9 Å². The third kappa shape index (κ3) is 5.40. The second-order valence-electron chi connectivity index (χ2n) is 5.87. The molecule has 2 rings (SSSR count). The molecular formula is C15H24N4O2S2. The number of hydrogen-bond acceptors (Lipinski definition) is 4. The Hall–Kier alpha value is -1.25. The van der Waals surface area contributed by atoms with E-state index in [1.807, 2.05) is 11.8 Å². The molecule has 0 amide bonds. The van der Waals surface area contributed by atoms with Crippen molar-refractivity contribution in [2.45, 2.75) is 36.0 Å². The van der Waals surface area contributed by atoms with E-state index in [9.17, 15) is 8.42 Å². The molecule has 128 valence electrons. The van der Waals surface area contributed by atoms with Gasteiger partial charge in [-0.15, -0.1) is 0 Å². The van der Waals surface area contributed by atoms with Gasteiger partial charge >= 0.3 is 0 Å². The zero-order chi connectivity index (χ0) is 16.9. The van der Waals surface area contributed by atoms with Crippen LogP contribution in [0.25, 0.3) is 0 Å². The number of guanidine groups is 1. The molecule has 0 bridgehead atoms. The normalized spacial score (nSPS) is 22.1. The highest BCUT2D eigenvalue weighted by atomic mass is 32.2. The standard InChI is InChI=1S/C15H24N4O2S2/c1-15(8-3-9-22-15)11-19-14(17-2)18-10-12-4-6-13(7-5-12)23(16,20)21/h4-7H,3,8-11H2,1-2H3,(H2,16,20,21)(H2,17,18,19). The van der Waals surface area contributed by atoms with E-state index in [0.717, 1.165) is 18.1 Å². The van der Waals surface area contributed by atoms with E-state index in [1.165, 1.54) is 30.7 Å². The van der Waals surface area contributed by atoms with Crippen molar-refractivity contribution in [1.29, 1.82) is 0 Å². The molecule has 1 aliphatic rings. The third-order valence-corrected chi connectivity index (χ3v) is 6.33. The molecule has 0 saturated carbocycles. The zero-order valence-corrected chi connectivity index (χ0v) is 15.1. The van der Waals surface area contributed by atoms with Gasteiger partial charge in [-0.2, -0.15) is 11.8 Å². The lowest BCUT2D eigenvalue weighted by atomic mass is 10.1. The summed E-state index contributed by atoms with van der Waals surface area (Å²) in [6.45, 7) is 3.72. The van der Waals surface area contributed by atoms with Gasteiger partial charge in [0.1, 0.15) is 0 Å². The number of aliphatic imine (C=N–C) groups is 1. The molecule has 1 aromatic rings. The van der Waals surface area contributed by atoms with Gasteiger partial charge in [0.05, 0.1) is 4.90 Å². The molecule has 0 radical (unpaired) electrons. The Bertz CT molecular complexity index is 651. The van der Waals surface area contributed by atoms with E-state index in [0.29, 0.717) is 6.54 Å². The van der Waals surface area contributed by atoms with Gasteiger partial charge in [-0.1, -0.05) is 12.1 Å². The van der Waals surface area contributed by atoms with Crippen molar-refractivity contribution >= 4 is 27.7 Å². The smallest absolute Gasteiger partial charge is 0.238 e. The molecule has 1 atom stereocenters. The third-order valence-electron chi connectivity index (χ3n) is 3.87.